The average Bonchev–Trinajstić information content (AvgIpc) is 2.37. The highest BCUT2D eigenvalue weighted by atomic mass is 16.9. The smallest absolute Gasteiger partial charge is 0.357 e. The molecule has 1 rings (SSSR count). The van der Waals surface area contributed by atoms with E-state index in [4.69, 9.17) is 14.2 Å². The van der Waals surface area contributed by atoms with Gasteiger partial charge >= 0.3 is 11.9 Å². The number of carbonyl (C=O) groups excluding carboxylic acids is 1. The number of hydrogen-bond acceptors (Lipinski definition) is 4. The molecule has 4 heteroatoms. The minimum Gasteiger partial charge on any atom is -0.404 e. The second kappa shape index (κ2) is 5.63. The summed E-state index contributed by atoms with van der Waals surface area (Å²) in [5, 5.41) is 0. The van der Waals surface area contributed by atoms with E-state index < -0.39 is 5.97 Å². The lowest BCUT2D eigenvalue weighted by atomic mass is 10.2. The van der Waals surface area contributed by atoms with Crippen molar-refractivity contribution in [3.63, 3.8) is 0 Å². The molecule has 0 atom stereocenters. The summed E-state index contributed by atoms with van der Waals surface area (Å²) < 4.78 is 15.5. The zero-order chi connectivity index (χ0) is 12.0. The molecule has 0 aliphatic heterocycles. The van der Waals surface area contributed by atoms with Crippen molar-refractivity contribution in [1.82, 2.24) is 0 Å². The molecule has 0 amide bonds. The highest BCUT2D eigenvalue weighted by Gasteiger charge is 2.36. The van der Waals surface area contributed by atoms with Gasteiger partial charge in [-0.1, -0.05) is 25.1 Å². The van der Waals surface area contributed by atoms with Crippen LogP contribution < -0.4 is 0 Å². The van der Waals surface area contributed by atoms with Gasteiger partial charge in [0.25, 0.3) is 0 Å². The van der Waals surface area contributed by atoms with E-state index in [9.17, 15) is 4.79 Å². The summed E-state index contributed by atoms with van der Waals surface area (Å²) >= 11 is 0. The lowest BCUT2D eigenvalue weighted by Crippen LogP contribution is -2.36. The number of benzene rings is 1. The summed E-state index contributed by atoms with van der Waals surface area (Å²) in [7, 11) is 2.86. The van der Waals surface area contributed by atoms with Gasteiger partial charge < -0.3 is 14.2 Å². The molecule has 0 saturated heterocycles. The third-order valence-electron chi connectivity index (χ3n) is 2.20. The van der Waals surface area contributed by atoms with Crippen LogP contribution in [-0.2, 0) is 25.0 Å². The lowest BCUT2D eigenvalue weighted by Gasteiger charge is -2.29. The van der Waals surface area contributed by atoms with Crippen LogP contribution in [0.2, 0.25) is 0 Å². The fraction of sp³-hybridized carbons (Fsp3) is 0.417. The highest BCUT2D eigenvalue weighted by molar-refractivity contribution is 5.69. The molecule has 1 aromatic carbocycles. The molecule has 0 fully saturated rings. The van der Waals surface area contributed by atoms with Crippen LogP contribution in [0.15, 0.2) is 30.3 Å². The molecule has 4 nitrogen and oxygen atoms in total. The summed E-state index contributed by atoms with van der Waals surface area (Å²) in [6.07, 6.45) is 0.265. The standard InChI is InChI=1S/C12H16O4/c1-4-11(13)16-12(14-2,15-3)10-8-6-5-7-9-10/h5-9H,4H2,1-3H3. The fourth-order valence-corrected chi connectivity index (χ4v) is 1.33. The van der Waals surface area contributed by atoms with Gasteiger partial charge in [-0.15, -0.1) is 0 Å². The average molecular weight is 224 g/mol. The summed E-state index contributed by atoms with van der Waals surface area (Å²) in [4.78, 5) is 11.3. The second-order valence-corrected chi connectivity index (χ2v) is 3.16. The first-order valence-electron chi connectivity index (χ1n) is 5.06. The predicted molar refractivity (Wildman–Crippen MR) is 58.5 cm³/mol. The van der Waals surface area contributed by atoms with Crippen molar-refractivity contribution in [3.05, 3.63) is 35.9 Å². The van der Waals surface area contributed by atoms with Crippen LogP contribution in [0.4, 0.5) is 0 Å². The minimum atomic E-state index is -1.45. The number of carbonyl (C=O) groups is 1. The normalized spacial score (nSPS) is 11.2. The third kappa shape index (κ3) is 2.59. The van der Waals surface area contributed by atoms with Crippen LogP contribution in [0.5, 0.6) is 0 Å². The van der Waals surface area contributed by atoms with Gasteiger partial charge in [-0.2, -0.15) is 0 Å². The molecular formula is C12H16O4. The van der Waals surface area contributed by atoms with Gasteiger partial charge in [0, 0.05) is 20.6 Å². The van der Waals surface area contributed by atoms with Gasteiger partial charge in [0.05, 0.1) is 5.56 Å². The second-order valence-electron chi connectivity index (χ2n) is 3.16. The zero-order valence-electron chi connectivity index (χ0n) is 9.73. The first kappa shape index (κ1) is 12.7. The Bertz CT molecular complexity index is 330. The van der Waals surface area contributed by atoms with Crippen LogP contribution >= 0.6 is 0 Å². The quantitative estimate of drug-likeness (QED) is 0.567. The van der Waals surface area contributed by atoms with Gasteiger partial charge in [0.15, 0.2) is 0 Å². The van der Waals surface area contributed by atoms with Crippen molar-refractivity contribution in [2.24, 2.45) is 0 Å². The van der Waals surface area contributed by atoms with E-state index in [-0.39, 0.29) is 12.4 Å². The van der Waals surface area contributed by atoms with Crippen molar-refractivity contribution in [3.8, 4) is 0 Å². The van der Waals surface area contributed by atoms with Crippen LogP contribution in [0, 0.1) is 0 Å². The van der Waals surface area contributed by atoms with E-state index in [0.29, 0.717) is 5.56 Å². The largest absolute Gasteiger partial charge is 0.404 e. The predicted octanol–water partition coefficient (Wildman–Crippen LogP) is 2.04. The number of rotatable bonds is 5. The molecule has 0 bridgehead atoms. The van der Waals surface area contributed by atoms with Gasteiger partial charge in [0.2, 0.25) is 0 Å². The fourth-order valence-electron chi connectivity index (χ4n) is 1.33. The molecule has 0 aliphatic carbocycles. The molecule has 0 radical (unpaired) electrons. The molecule has 0 N–H and O–H groups in total. The van der Waals surface area contributed by atoms with E-state index in [1.165, 1.54) is 14.2 Å². The Morgan fingerprint density at radius 1 is 1.19 bits per heavy atom. The maximum absolute atomic E-state index is 11.3. The van der Waals surface area contributed by atoms with Gasteiger partial charge in [0.1, 0.15) is 0 Å². The Kier molecular flexibility index (Phi) is 4.46. The molecule has 0 saturated carbocycles. The number of ether oxygens (including phenoxy) is 3. The van der Waals surface area contributed by atoms with Crippen molar-refractivity contribution >= 4 is 5.97 Å². The van der Waals surface area contributed by atoms with Gasteiger partial charge in [-0.3, -0.25) is 4.79 Å². The zero-order valence-corrected chi connectivity index (χ0v) is 9.73. The molecule has 0 unspecified atom stereocenters. The van der Waals surface area contributed by atoms with E-state index in [1.54, 1.807) is 19.1 Å². The molecule has 0 aliphatic rings. The number of esters is 1. The molecule has 0 aromatic heterocycles. The van der Waals surface area contributed by atoms with E-state index in [1.807, 2.05) is 18.2 Å². The summed E-state index contributed by atoms with van der Waals surface area (Å²) in [6.45, 7) is 1.71. The van der Waals surface area contributed by atoms with Crippen LogP contribution in [0.25, 0.3) is 0 Å². The molecular weight excluding hydrogens is 208 g/mol. The summed E-state index contributed by atoms with van der Waals surface area (Å²) in [6, 6.07) is 9.05. The van der Waals surface area contributed by atoms with Crippen LogP contribution in [0.3, 0.4) is 0 Å². The Morgan fingerprint density at radius 3 is 2.19 bits per heavy atom. The summed E-state index contributed by atoms with van der Waals surface area (Å²) in [5.41, 5.74) is 0.641. The summed E-state index contributed by atoms with van der Waals surface area (Å²) in [5.74, 6) is -1.83. The van der Waals surface area contributed by atoms with E-state index in [0.717, 1.165) is 0 Å². The lowest BCUT2D eigenvalue weighted by molar-refractivity contribution is -0.355. The molecule has 1 aromatic rings. The monoisotopic (exact) mass is 224 g/mol. The van der Waals surface area contributed by atoms with Gasteiger partial charge in [-0.05, 0) is 12.1 Å². The molecule has 16 heavy (non-hydrogen) atoms. The van der Waals surface area contributed by atoms with Crippen molar-refractivity contribution in [2.75, 3.05) is 14.2 Å². The third-order valence-corrected chi connectivity index (χ3v) is 2.20. The molecule has 0 spiro atoms. The van der Waals surface area contributed by atoms with Crippen molar-refractivity contribution in [2.45, 2.75) is 19.3 Å². The minimum absolute atomic E-state index is 0.265. The van der Waals surface area contributed by atoms with E-state index in [2.05, 4.69) is 0 Å². The van der Waals surface area contributed by atoms with Crippen molar-refractivity contribution in [1.29, 1.82) is 0 Å². The Balaban J connectivity index is 3.01. The molecule has 88 valence electrons. The Morgan fingerprint density at radius 2 is 1.75 bits per heavy atom. The highest BCUT2D eigenvalue weighted by Crippen LogP contribution is 2.27. The SMILES string of the molecule is CCC(=O)OC(OC)(OC)c1ccccc1. The van der Waals surface area contributed by atoms with Crippen molar-refractivity contribution < 1.29 is 19.0 Å². The first-order valence-corrected chi connectivity index (χ1v) is 5.06. The van der Waals surface area contributed by atoms with Crippen LogP contribution in [-0.4, -0.2) is 20.2 Å². The Hall–Kier alpha value is -1.39. The number of methoxy groups -OCH3 is 2. The first-order chi connectivity index (χ1) is 7.68. The topological polar surface area (TPSA) is 44.8 Å². The number of hydrogen-bond donors (Lipinski definition) is 0. The van der Waals surface area contributed by atoms with E-state index >= 15 is 0 Å². The van der Waals surface area contributed by atoms with Gasteiger partial charge in [-0.25, -0.2) is 0 Å². The Labute approximate surface area is 95.1 Å². The maximum atomic E-state index is 11.3. The molecule has 0 heterocycles. The maximum Gasteiger partial charge on any atom is 0.357 e. The van der Waals surface area contributed by atoms with Crippen LogP contribution in [0.1, 0.15) is 18.9 Å².